The molecule has 28 heavy (non-hydrogen) atoms. The third-order valence-electron chi connectivity index (χ3n) is 4.61. The molecule has 0 aromatic carbocycles. The first-order chi connectivity index (χ1) is 13.5. The molecule has 0 aliphatic carbocycles. The molecule has 1 atom stereocenters. The molecule has 1 saturated heterocycles. The van der Waals surface area contributed by atoms with Crippen LogP contribution in [0.1, 0.15) is 18.5 Å². The molecule has 4 heterocycles. The number of imidazole rings is 1. The summed E-state index contributed by atoms with van der Waals surface area (Å²) in [5, 5.41) is 2.78. The van der Waals surface area contributed by atoms with E-state index >= 15 is 0 Å². The van der Waals surface area contributed by atoms with Crippen molar-refractivity contribution < 1.29 is 18.0 Å². The van der Waals surface area contributed by atoms with Crippen molar-refractivity contribution in [2.75, 3.05) is 18.0 Å². The van der Waals surface area contributed by atoms with Crippen molar-refractivity contribution in [2.24, 2.45) is 0 Å². The number of carbonyl (C=O) groups excluding carboxylic acids is 1. The highest BCUT2D eigenvalue weighted by atomic mass is 19.4. The monoisotopic (exact) mass is 391 g/mol. The number of rotatable bonds is 4. The smallest absolute Gasteiger partial charge is 0.354 e. The van der Waals surface area contributed by atoms with E-state index in [-0.39, 0.29) is 17.5 Å². The molecule has 1 fully saturated rings. The number of halogens is 3. The minimum absolute atomic E-state index is 0.0286. The van der Waals surface area contributed by atoms with Crippen LogP contribution in [0.2, 0.25) is 0 Å². The Kier molecular flexibility index (Phi) is 4.57. The number of nitrogens with one attached hydrogen (secondary N) is 1. The van der Waals surface area contributed by atoms with Crippen LogP contribution in [0, 0.1) is 0 Å². The Morgan fingerprint density at radius 1 is 1.21 bits per heavy atom. The van der Waals surface area contributed by atoms with E-state index in [1.165, 1.54) is 10.6 Å². The lowest BCUT2D eigenvalue weighted by Crippen LogP contribution is -2.45. The molecule has 1 aliphatic heterocycles. The van der Waals surface area contributed by atoms with Gasteiger partial charge in [0.1, 0.15) is 11.5 Å². The number of fused-ring (bicyclic) bond motifs is 1. The Morgan fingerprint density at radius 3 is 2.86 bits per heavy atom. The number of amides is 1. The maximum absolute atomic E-state index is 13.0. The number of anilines is 1. The Hall–Kier alpha value is -3.24. The molecule has 8 nitrogen and oxygen atoms in total. The van der Waals surface area contributed by atoms with Gasteiger partial charge in [0.05, 0.1) is 12.4 Å². The minimum Gasteiger partial charge on any atom is -0.354 e. The van der Waals surface area contributed by atoms with Gasteiger partial charge in [0.15, 0.2) is 17.2 Å². The standard InChI is InChI=1S/C17H16F3N7O/c18-17(19,20)13-9-27-12(6-23-15(27)7-22-13)16-21-4-3-14(25-16)26-5-1-2-11(8-26)24-10-28/h3-4,6-7,9-11H,1-2,5,8H2,(H,24,28). The Balaban J connectivity index is 1.69. The third kappa shape index (κ3) is 3.47. The van der Waals surface area contributed by atoms with Gasteiger partial charge in [-0.25, -0.2) is 19.9 Å². The van der Waals surface area contributed by atoms with E-state index in [1.54, 1.807) is 12.3 Å². The molecule has 0 spiro atoms. The van der Waals surface area contributed by atoms with Crippen LogP contribution in [0.15, 0.2) is 30.9 Å². The van der Waals surface area contributed by atoms with Gasteiger partial charge >= 0.3 is 6.18 Å². The van der Waals surface area contributed by atoms with Gasteiger partial charge < -0.3 is 10.2 Å². The van der Waals surface area contributed by atoms with E-state index in [0.717, 1.165) is 31.8 Å². The highest BCUT2D eigenvalue weighted by Gasteiger charge is 2.33. The number of hydrogen-bond acceptors (Lipinski definition) is 6. The van der Waals surface area contributed by atoms with Gasteiger partial charge in [0, 0.05) is 31.5 Å². The van der Waals surface area contributed by atoms with Crippen molar-refractivity contribution in [1.29, 1.82) is 0 Å². The number of aromatic nitrogens is 5. The highest BCUT2D eigenvalue weighted by Crippen LogP contribution is 2.29. The average Bonchev–Trinajstić information content (AvgIpc) is 3.11. The summed E-state index contributed by atoms with van der Waals surface area (Å²) >= 11 is 0. The average molecular weight is 391 g/mol. The molecular formula is C17H16F3N7O. The molecule has 0 radical (unpaired) electrons. The number of nitrogens with zero attached hydrogens (tertiary/aromatic N) is 6. The molecule has 1 amide bonds. The summed E-state index contributed by atoms with van der Waals surface area (Å²) in [4.78, 5) is 28.9. The first-order valence-electron chi connectivity index (χ1n) is 8.64. The van der Waals surface area contributed by atoms with Crippen LogP contribution in [-0.2, 0) is 11.0 Å². The molecule has 1 unspecified atom stereocenters. The molecule has 0 saturated carbocycles. The van der Waals surface area contributed by atoms with Gasteiger partial charge in [-0.15, -0.1) is 0 Å². The van der Waals surface area contributed by atoms with Crippen molar-refractivity contribution in [3.8, 4) is 11.5 Å². The van der Waals surface area contributed by atoms with Crippen molar-refractivity contribution in [3.63, 3.8) is 0 Å². The molecule has 146 valence electrons. The van der Waals surface area contributed by atoms with Crippen molar-refractivity contribution >= 4 is 17.9 Å². The van der Waals surface area contributed by atoms with E-state index < -0.39 is 11.9 Å². The molecule has 3 aromatic rings. The normalized spacial score (nSPS) is 17.7. The van der Waals surface area contributed by atoms with E-state index in [0.29, 0.717) is 24.5 Å². The summed E-state index contributed by atoms with van der Waals surface area (Å²) in [6.45, 7) is 1.37. The van der Waals surface area contributed by atoms with Crippen molar-refractivity contribution in [2.45, 2.75) is 25.1 Å². The Labute approximate surface area is 157 Å². The van der Waals surface area contributed by atoms with Crippen LogP contribution in [0.25, 0.3) is 17.2 Å². The van der Waals surface area contributed by atoms with Crippen molar-refractivity contribution in [1.82, 2.24) is 29.7 Å². The highest BCUT2D eigenvalue weighted by molar-refractivity contribution is 5.58. The van der Waals surface area contributed by atoms with Crippen LogP contribution >= 0.6 is 0 Å². The van der Waals surface area contributed by atoms with Gasteiger partial charge in [-0.3, -0.25) is 9.20 Å². The lowest BCUT2D eigenvalue weighted by Gasteiger charge is -2.33. The second-order valence-electron chi connectivity index (χ2n) is 6.45. The van der Waals surface area contributed by atoms with E-state index in [2.05, 4.69) is 25.3 Å². The van der Waals surface area contributed by atoms with E-state index in [4.69, 9.17) is 0 Å². The maximum Gasteiger partial charge on any atom is 0.434 e. The quantitative estimate of drug-likeness (QED) is 0.684. The summed E-state index contributed by atoms with van der Waals surface area (Å²) in [5.41, 5.74) is -0.413. The molecule has 4 rings (SSSR count). The lowest BCUT2D eigenvalue weighted by molar-refractivity contribution is -0.141. The second-order valence-corrected chi connectivity index (χ2v) is 6.45. The molecule has 0 bridgehead atoms. The number of alkyl halides is 3. The van der Waals surface area contributed by atoms with Crippen LogP contribution in [0.5, 0.6) is 0 Å². The molecular weight excluding hydrogens is 375 g/mol. The largest absolute Gasteiger partial charge is 0.434 e. The zero-order chi connectivity index (χ0) is 19.7. The summed E-state index contributed by atoms with van der Waals surface area (Å²) in [6, 6.07) is 1.76. The molecule has 11 heteroatoms. The first kappa shape index (κ1) is 18.1. The Bertz CT molecular complexity index is 1000. The van der Waals surface area contributed by atoms with Crippen LogP contribution in [-0.4, -0.2) is 49.9 Å². The topological polar surface area (TPSA) is 88.3 Å². The van der Waals surface area contributed by atoms with Crippen LogP contribution in [0.4, 0.5) is 19.0 Å². The maximum atomic E-state index is 13.0. The molecule has 3 aromatic heterocycles. The number of carbonyl (C=O) groups is 1. The number of piperidine rings is 1. The van der Waals surface area contributed by atoms with Gasteiger partial charge in [-0.1, -0.05) is 0 Å². The fourth-order valence-electron chi connectivity index (χ4n) is 3.27. The SMILES string of the molecule is O=CNC1CCCN(c2ccnc(-c3cnc4cnc(C(F)(F)F)cn34)n2)C1. The summed E-state index contributed by atoms with van der Waals surface area (Å²) in [7, 11) is 0. The summed E-state index contributed by atoms with van der Waals surface area (Å²) in [5.74, 6) is 0.900. The molecule has 1 aliphatic rings. The van der Waals surface area contributed by atoms with Gasteiger partial charge in [-0.2, -0.15) is 13.2 Å². The van der Waals surface area contributed by atoms with E-state index in [9.17, 15) is 18.0 Å². The summed E-state index contributed by atoms with van der Waals surface area (Å²) in [6.07, 6.45) is 2.82. The number of hydrogen-bond donors (Lipinski definition) is 1. The van der Waals surface area contributed by atoms with Gasteiger partial charge in [0.25, 0.3) is 0 Å². The lowest BCUT2D eigenvalue weighted by atomic mass is 10.1. The fourth-order valence-corrected chi connectivity index (χ4v) is 3.27. The summed E-state index contributed by atoms with van der Waals surface area (Å²) < 4.78 is 40.3. The van der Waals surface area contributed by atoms with Crippen molar-refractivity contribution in [3.05, 3.63) is 36.5 Å². The zero-order valence-corrected chi connectivity index (χ0v) is 14.6. The predicted molar refractivity (Wildman–Crippen MR) is 93.4 cm³/mol. The van der Waals surface area contributed by atoms with Gasteiger partial charge in [0.2, 0.25) is 6.41 Å². The minimum atomic E-state index is -4.56. The van der Waals surface area contributed by atoms with Crippen LogP contribution in [0.3, 0.4) is 0 Å². The molecule has 1 N–H and O–H groups in total. The first-order valence-corrected chi connectivity index (χ1v) is 8.64. The Morgan fingerprint density at radius 2 is 2.07 bits per heavy atom. The van der Waals surface area contributed by atoms with E-state index in [1.807, 2.05) is 4.90 Å². The predicted octanol–water partition coefficient (Wildman–Crippen LogP) is 1.92. The fraction of sp³-hybridized carbons (Fsp3) is 0.353. The van der Waals surface area contributed by atoms with Crippen LogP contribution < -0.4 is 10.2 Å². The third-order valence-corrected chi connectivity index (χ3v) is 4.61. The second kappa shape index (κ2) is 7.06. The zero-order valence-electron chi connectivity index (χ0n) is 14.6. The van der Waals surface area contributed by atoms with Gasteiger partial charge in [-0.05, 0) is 18.9 Å².